The van der Waals surface area contributed by atoms with Gasteiger partial charge in [-0.15, -0.1) is 0 Å². The van der Waals surface area contributed by atoms with Gasteiger partial charge in [-0.2, -0.15) is 0 Å². The van der Waals surface area contributed by atoms with Crippen LogP contribution >= 0.6 is 11.6 Å². The van der Waals surface area contributed by atoms with E-state index in [0.29, 0.717) is 27.3 Å². The van der Waals surface area contributed by atoms with Crippen LogP contribution in [0.1, 0.15) is 54.1 Å². The van der Waals surface area contributed by atoms with Crippen molar-refractivity contribution in [1.82, 2.24) is 4.90 Å². The molecule has 1 atom stereocenters. The number of ether oxygens (including phenoxy) is 1. The Morgan fingerprint density at radius 2 is 1.76 bits per heavy atom. The molecule has 2 heterocycles. The van der Waals surface area contributed by atoms with Crippen molar-refractivity contribution in [3.05, 3.63) is 112 Å². The predicted octanol–water partition coefficient (Wildman–Crippen LogP) is 7.17. The van der Waals surface area contributed by atoms with Crippen LogP contribution in [0.5, 0.6) is 5.75 Å². The number of benzene rings is 3. The standard InChI is InChI=1S/C31H28ClNO5/c1-31(2,3)21-11-9-18(10-12-21)27-26(28(34)25-16-20-15-22(32)13-14-24(20)38-25)29(35)30(36)33(27)17-19-7-5-6-8-23(19)37-4/h5-16,27,35H,17H2,1-4H3. The largest absolute Gasteiger partial charge is 0.503 e. The van der Waals surface area contributed by atoms with E-state index >= 15 is 0 Å². The minimum atomic E-state index is -0.828. The molecule has 1 aliphatic heterocycles. The summed E-state index contributed by atoms with van der Waals surface area (Å²) in [5, 5.41) is 12.2. The molecule has 0 spiro atoms. The number of furan rings is 1. The van der Waals surface area contributed by atoms with Crippen molar-refractivity contribution in [2.75, 3.05) is 7.11 Å². The van der Waals surface area contributed by atoms with Gasteiger partial charge in [-0.25, -0.2) is 0 Å². The minimum absolute atomic E-state index is 0.0204. The Balaban J connectivity index is 1.61. The van der Waals surface area contributed by atoms with Crippen molar-refractivity contribution in [3.8, 4) is 5.75 Å². The van der Waals surface area contributed by atoms with Gasteiger partial charge in [-0.1, -0.05) is 74.8 Å². The number of ketones is 1. The lowest BCUT2D eigenvalue weighted by atomic mass is 9.85. The number of Topliss-reactive ketones (excluding diaryl/α,β-unsaturated/α-hetero) is 1. The summed E-state index contributed by atoms with van der Waals surface area (Å²) in [7, 11) is 1.56. The van der Waals surface area contributed by atoms with Gasteiger partial charge in [0.05, 0.1) is 25.3 Å². The lowest BCUT2D eigenvalue weighted by Gasteiger charge is -2.28. The zero-order valence-corrected chi connectivity index (χ0v) is 22.4. The summed E-state index contributed by atoms with van der Waals surface area (Å²) in [6.45, 7) is 6.47. The van der Waals surface area contributed by atoms with Crippen molar-refractivity contribution in [1.29, 1.82) is 0 Å². The number of halogens is 1. The Kier molecular flexibility index (Phi) is 6.53. The molecule has 0 saturated carbocycles. The lowest BCUT2D eigenvalue weighted by molar-refractivity contribution is -0.130. The summed E-state index contributed by atoms with van der Waals surface area (Å²) >= 11 is 6.11. The highest BCUT2D eigenvalue weighted by Gasteiger charge is 2.44. The Bertz CT molecular complexity index is 1580. The highest BCUT2D eigenvalue weighted by Crippen LogP contribution is 2.42. The van der Waals surface area contributed by atoms with E-state index in [1.54, 1.807) is 31.4 Å². The maximum absolute atomic E-state index is 13.8. The Labute approximate surface area is 226 Å². The summed E-state index contributed by atoms with van der Waals surface area (Å²) in [5.74, 6) is -1.16. The highest BCUT2D eigenvalue weighted by atomic mass is 35.5. The van der Waals surface area contributed by atoms with Gasteiger partial charge in [0.2, 0.25) is 5.78 Å². The molecule has 194 valence electrons. The number of aliphatic hydroxyl groups excluding tert-OH is 1. The monoisotopic (exact) mass is 529 g/mol. The second kappa shape index (κ2) is 9.69. The number of nitrogens with zero attached hydrogens (tertiary/aromatic N) is 1. The van der Waals surface area contributed by atoms with Crippen LogP contribution in [0.2, 0.25) is 5.02 Å². The van der Waals surface area contributed by atoms with Gasteiger partial charge in [0, 0.05) is 16.0 Å². The van der Waals surface area contributed by atoms with Gasteiger partial charge in [-0.3, -0.25) is 9.59 Å². The first-order valence-electron chi connectivity index (χ1n) is 12.3. The van der Waals surface area contributed by atoms with E-state index in [9.17, 15) is 14.7 Å². The van der Waals surface area contributed by atoms with Crippen LogP contribution in [-0.4, -0.2) is 28.8 Å². The third-order valence-corrected chi connectivity index (χ3v) is 7.11. The van der Waals surface area contributed by atoms with Gasteiger partial charge in [0.25, 0.3) is 5.91 Å². The molecule has 0 radical (unpaired) electrons. The first-order chi connectivity index (χ1) is 18.1. The molecule has 1 amide bonds. The summed E-state index contributed by atoms with van der Waals surface area (Å²) in [4.78, 5) is 28.8. The molecule has 0 fully saturated rings. The number of amides is 1. The first-order valence-corrected chi connectivity index (χ1v) is 12.7. The lowest BCUT2D eigenvalue weighted by Crippen LogP contribution is -2.31. The number of hydrogen-bond acceptors (Lipinski definition) is 5. The van der Waals surface area contributed by atoms with Gasteiger partial charge < -0.3 is 19.2 Å². The third-order valence-electron chi connectivity index (χ3n) is 6.88. The number of methoxy groups -OCH3 is 1. The van der Waals surface area contributed by atoms with Crippen LogP contribution in [0.3, 0.4) is 0 Å². The van der Waals surface area contributed by atoms with E-state index in [4.69, 9.17) is 20.8 Å². The van der Waals surface area contributed by atoms with E-state index in [0.717, 1.165) is 11.1 Å². The maximum atomic E-state index is 13.8. The second-order valence-corrected chi connectivity index (χ2v) is 10.8. The number of fused-ring (bicyclic) bond motifs is 1. The number of carbonyl (C=O) groups excluding carboxylic acids is 2. The fourth-order valence-electron chi connectivity index (χ4n) is 4.84. The van der Waals surface area contributed by atoms with Crippen molar-refractivity contribution in [3.63, 3.8) is 0 Å². The van der Waals surface area contributed by atoms with Crippen LogP contribution in [0.15, 0.2) is 88.5 Å². The molecular formula is C31H28ClNO5. The molecule has 1 aliphatic rings. The number of rotatable bonds is 6. The molecule has 38 heavy (non-hydrogen) atoms. The first kappa shape index (κ1) is 25.6. The zero-order valence-electron chi connectivity index (χ0n) is 21.6. The Morgan fingerprint density at radius 1 is 1.05 bits per heavy atom. The second-order valence-electron chi connectivity index (χ2n) is 10.4. The average Bonchev–Trinajstić information content (AvgIpc) is 3.42. The van der Waals surface area contributed by atoms with Crippen molar-refractivity contribution < 1.29 is 23.8 Å². The topological polar surface area (TPSA) is 80.0 Å². The molecule has 1 unspecified atom stereocenters. The maximum Gasteiger partial charge on any atom is 0.290 e. The van der Waals surface area contributed by atoms with Crippen LogP contribution in [0.4, 0.5) is 0 Å². The van der Waals surface area contributed by atoms with Gasteiger partial charge in [-0.05, 0) is 46.9 Å². The van der Waals surface area contributed by atoms with Crippen molar-refractivity contribution in [2.45, 2.75) is 38.8 Å². The van der Waals surface area contributed by atoms with E-state index < -0.39 is 23.5 Å². The van der Waals surface area contributed by atoms with Crippen LogP contribution in [0, 0.1) is 0 Å². The molecule has 1 N–H and O–H groups in total. The molecule has 0 bridgehead atoms. The number of carbonyl (C=O) groups is 2. The Hall–Kier alpha value is -4.03. The molecule has 0 saturated heterocycles. The van der Waals surface area contributed by atoms with E-state index in [1.807, 2.05) is 48.5 Å². The minimum Gasteiger partial charge on any atom is -0.503 e. The molecular weight excluding hydrogens is 502 g/mol. The van der Waals surface area contributed by atoms with Crippen LogP contribution in [0.25, 0.3) is 11.0 Å². The van der Waals surface area contributed by atoms with E-state index in [2.05, 4.69) is 20.8 Å². The van der Waals surface area contributed by atoms with Crippen LogP contribution < -0.4 is 4.74 Å². The fourth-order valence-corrected chi connectivity index (χ4v) is 5.02. The number of hydrogen-bond donors (Lipinski definition) is 1. The molecule has 6 nitrogen and oxygen atoms in total. The predicted molar refractivity (Wildman–Crippen MR) is 147 cm³/mol. The summed E-state index contributed by atoms with van der Waals surface area (Å²) in [5.41, 5.74) is 2.94. The van der Waals surface area contributed by atoms with Gasteiger partial charge in [0.1, 0.15) is 11.3 Å². The smallest absolute Gasteiger partial charge is 0.290 e. The number of aliphatic hydroxyl groups is 1. The number of para-hydroxylation sites is 1. The third kappa shape index (κ3) is 4.56. The van der Waals surface area contributed by atoms with E-state index in [-0.39, 0.29) is 23.3 Å². The Morgan fingerprint density at radius 3 is 2.45 bits per heavy atom. The van der Waals surface area contributed by atoms with Gasteiger partial charge in [0.15, 0.2) is 11.5 Å². The molecule has 7 heteroatoms. The van der Waals surface area contributed by atoms with E-state index in [1.165, 1.54) is 4.90 Å². The summed E-state index contributed by atoms with van der Waals surface area (Å²) in [6, 6.07) is 20.9. The molecule has 1 aromatic heterocycles. The average molecular weight is 530 g/mol. The normalized spacial score (nSPS) is 16.0. The summed E-state index contributed by atoms with van der Waals surface area (Å²) in [6.07, 6.45) is 0. The molecule has 0 aliphatic carbocycles. The molecule has 5 rings (SSSR count). The molecule has 4 aromatic rings. The fraction of sp³-hybridized carbons (Fsp3) is 0.226. The molecule has 3 aromatic carbocycles. The quantitative estimate of drug-likeness (QED) is 0.268. The zero-order chi connectivity index (χ0) is 27.2. The highest BCUT2D eigenvalue weighted by molar-refractivity contribution is 6.31. The van der Waals surface area contributed by atoms with Crippen molar-refractivity contribution in [2.24, 2.45) is 0 Å². The SMILES string of the molecule is COc1ccccc1CN1C(=O)C(O)=C(C(=O)c2cc3cc(Cl)ccc3o2)C1c1ccc(C(C)(C)C)cc1. The summed E-state index contributed by atoms with van der Waals surface area (Å²) < 4.78 is 11.3. The van der Waals surface area contributed by atoms with Crippen LogP contribution in [-0.2, 0) is 16.8 Å². The van der Waals surface area contributed by atoms with Crippen molar-refractivity contribution >= 4 is 34.3 Å². The van der Waals surface area contributed by atoms with Gasteiger partial charge >= 0.3 is 0 Å².